The van der Waals surface area contributed by atoms with Gasteiger partial charge in [-0.2, -0.15) is 0 Å². The Kier molecular flexibility index (Phi) is 1.73. The van der Waals surface area contributed by atoms with E-state index < -0.39 is 0 Å². The van der Waals surface area contributed by atoms with Gasteiger partial charge in [0.15, 0.2) is 0 Å². The summed E-state index contributed by atoms with van der Waals surface area (Å²) in [5.41, 5.74) is 0.620. The van der Waals surface area contributed by atoms with E-state index in [0.717, 1.165) is 0 Å². The number of aromatic nitrogens is 1. The maximum Gasteiger partial charge on any atom is 0.136 e. The highest BCUT2D eigenvalue weighted by Crippen LogP contribution is 2.01. The van der Waals surface area contributed by atoms with Gasteiger partial charge in [0.25, 0.3) is 0 Å². The summed E-state index contributed by atoms with van der Waals surface area (Å²) < 4.78 is 4.85. The molecule has 3 heteroatoms. The van der Waals surface area contributed by atoms with Crippen LogP contribution in [0.2, 0.25) is 0 Å². The van der Waals surface area contributed by atoms with Crippen LogP contribution < -0.4 is 10.2 Å². The summed E-state index contributed by atoms with van der Waals surface area (Å²) >= 11 is 0. The van der Waals surface area contributed by atoms with Crippen LogP contribution in [-0.2, 0) is 0 Å². The lowest BCUT2D eigenvalue weighted by Crippen LogP contribution is -2.02. The first-order chi connectivity index (χ1) is 4.33. The van der Waals surface area contributed by atoms with Crippen molar-refractivity contribution in [1.82, 2.24) is 4.98 Å². The molecule has 1 heterocycles. The van der Waals surface area contributed by atoms with Crippen LogP contribution in [0.25, 0.3) is 0 Å². The van der Waals surface area contributed by atoms with Gasteiger partial charge in [-0.1, -0.05) is 5.46 Å². The van der Waals surface area contributed by atoms with Crippen molar-refractivity contribution in [3.63, 3.8) is 0 Å². The molecule has 1 aromatic heterocycles. The lowest BCUT2D eigenvalue weighted by molar-refractivity contribution is 0.413. The van der Waals surface area contributed by atoms with E-state index in [2.05, 4.69) is 4.98 Å². The lowest BCUT2D eigenvalue weighted by Gasteiger charge is -1.97. The van der Waals surface area contributed by atoms with Crippen molar-refractivity contribution in [2.45, 2.75) is 0 Å². The van der Waals surface area contributed by atoms with E-state index >= 15 is 0 Å². The first-order valence-electron chi connectivity index (χ1n) is 2.57. The SMILES string of the molecule is [B]c1cncc(OC)c1. The van der Waals surface area contributed by atoms with Gasteiger partial charge in [0.2, 0.25) is 0 Å². The second-order valence-corrected chi connectivity index (χ2v) is 1.66. The zero-order valence-electron chi connectivity index (χ0n) is 5.16. The van der Waals surface area contributed by atoms with Crippen molar-refractivity contribution in [2.24, 2.45) is 0 Å². The van der Waals surface area contributed by atoms with Crippen LogP contribution >= 0.6 is 0 Å². The summed E-state index contributed by atoms with van der Waals surface area (Å²) in [6.07, 6.45) is 3.18. The van der Waals surface area contributed by atoms with E-state index in [4.69, 9.17) is 12.6 Å². The second kappa shape index (κ2) is 2.53. The number of hydrogen-bond acceptors (Lipinski definition) is 2. The van der Waals surface area contributed by atoms with Crippen molar-refractivity contribution in [2.75, 3.05) is 7.11 Å². The summed E-state index contributed by atoms with van der Waals surface area (Å²) in [6.45, 7) is 0. The highest BCUT2D eigenvalue weighted by atomic mass is 16.5. The average molecular weight is 119 g/mol. The largest absolute Gasteiger partial charge is 0.495 e. The smallest absolute Gasteiger partial charge is 0.136 e. The minimum atomic E-state index is 0.620. The van der Waals surface area contributed by atoms with Crippen molar-refractivity contribution < 1.29 is 4.74 Å². The average Bonchev–Trinajstić information content (AvgIpc) is 1.88. The first kappa shape index (κ1) is 6.14. The molecular weight excluding hydrogens is 113 g/mol. The third-order valence-corrected chi connectivity index (χ3v) is 0.970. The fraction of sp³-hybridized carbons (Fsp3) is 0.167. The fourth-order valence-corrected chi connectivity index (χ4v) is 0.547. The number of pyridine rings is 1. The van der Waals surface area contributed by atoms with Gasteiger partial charge in [-0.05, 0) is 6.07 Å². The molecule has 0 aromatic carbocycles. The van der Waals surface area contributed by atoms with Gasteiger partial charge in [-0.3, -0.25) is 4.98 Å². The Labute approximate surface area is 55.3 Å². The van der Waals surface area contributed by atoms with Crippen molar-refractivity contribution >= 4 is 13.3 Å². The number of hydrogen-bond donors (Lipinski definition) is 0. The number of rotatable bonds is 1. The standard InChI is InChI=1S/C6H6BNO/c1-9-6-2-5(7)3-8-4-6/h2-4H,1H3. The molecule has 1 rings (SSSR count). The van der Waals surface area contributed by atoms with Crippen molar-refractivity contribution in [3.05, 3.63) is 18.5 Å². The summed E-state index contributed by atoms with van der Waals surface area (Å²) in [6, 6.07) is 1.72. The minimum Gasteiger partial charge on any atom is -0.495 e. The molecule has 0 bridgehead atoms. The minimum absolute atomic E-state index is 0.620. The van der Waals surface area contributed by atoms with Crippen LogP contribution in [0.5, 0.6) is 5.75 Å². The molecule has 0 unspecified atom stereocenters. The zero-order chi connectivity index (χ0) is 6.69. The Bertz CT molecular complexity index is 202. The Balaban J connectivity index is 2.94. The molecule has 0 saturated heterocycles. The summed E-state index contributed by atoms with van der Waals surface area (Å²) in [5, 5.41) is 0. The van der Waals surface area contributed by atoms with E-state index in [1.54, 1.807) is 25.6 Å². The molecule has 9 heavy (non-hydrogen) atoms. The topological polar surface area (TPSA) is 22.1 Å². The van der Waals surface area contributed by atoms with Gasteiger partial charge in [0.1, 0.15) is 13.6 Å². The van der Waals surface area contributed by atoms with Gasteiger partial charge >= 0.3 is 0 Å². The van der Waals surface area contributed by atoms with Crippen molar-refractivity contribution in [3.8, 4) is 5.75 Å². The quantitative estimate of drug-likeness (QED) is 0.481. The molecule has 0 aliphatic rings. The third-order valence-electron chi connectivity index (χ3n) is 0.970. The predicted molar refractivity (Wildman–Crippen MR) is 36.2 cm³/mol. The molecule has 0 fully saturated rings. The Morgan fingerprint density at radius 3 is 2.78 bits per heavy atom. The Hall–Kier alpha value is -0.985. The molecule has 1 aromatic rings. The van der Waals surface area contributed by atoms with Crippen LogP contribution in [0, 0.1) is 0 Å². The molecule has 0 saturated carbocycles. The van der Waals surface area contributed by atoms with Crippen molar-refractivity contribution in [1.29, 1.82) is 0 Å². The van der Waals surface area contributed by atoms with Gasteiger partial charge in [-0.25, -0.2) is 0 Å². The summed E-state index contributed by atoms with van der Waals surface area (Å²) in [7, 11) is 6.97. The maximum atomic E-state index is 5.39. The van der Waals surface area contributed by atoms with Gasteiger partial charge < -0.3 is 4.74 Å². The van der Waals surface area contributed by atoms with Gasteiger partial charge in [0.05, 0.1) is 13.3 Å². The van der Waals surface area contributed by atoms with E-state index in [9.17, 15) is 0 Å². The van der Waals surface area contributed by atoms with Crippen LogP contribution in [0.3, 0.4) is 0 Å². The lowest BCUT2D eigenvalue weighted by atomic mass is 9.99. The molecule has 0 amide bonds. The Morgan fingerprint density at radius 2 is 2.33 bits per heavy atom. The highest BCUT2D eigenvalue weighted by molar-refractivity contribution is 6.32. The molecule has 0 aliphatic carbocycles. The van der Waals surface area contributed by atoms with E-state index in [1.807, 2.05) is 0 Å². The molecular formula is C6H6BNO. The molecule has 44 valence electrons. The number of nitrogens with zero attached hydrogens (tertiary/aromatic N) is 1. The van der Waals surface area contributed by atoms with Crippen LogP contribution in [-0.4, -0.2) is 19.9 Å². The van der Waals surface area contributed by atoms with Gasteiger partial charge in [-0.15, -0.1) is 0 Å². The normalized spacial score (nSPS) is 9.00. The fourth-order valence-electron chi connectivity index (χ4n) is 0.547. The molecule has 0 aliphatic heterocycles. The number of methoxy groups -OCH3 is 1. The van der Waals surface area contributed by atoms with Gasteiger partial charge in [0, 0.05) is 6.20 Å². The zero-order valence-corrected chi connectivity index (χ0v) is 5.16. The molecule has 0 atom stereocenters. The summed E-state index contributed by atoms with van der Waals surface area (Å²) in [5.74, 6) is 0.690. The molecule has 2 radical (unpaired) electrons. The molecule has 0 N–H and O–H groups in total. The maximum absolute atomic E-state index is 5.39. The second-order valence-electron chi connectivity index (χ2n) is 1.66. The van der Waals surface area contributed by atoms with E-state index in [0.29, 0.717) is 11.2 Å². The van der Waals surface area contributed by atoms with E-state index in [1.165, 1.54) is 0 Å². The van der Waals surface area contributed by atoms with Crippen LogP contribution in [0.4, 0.5) is 0 Å². The van der Waals surface area contributed by atoms with E-state index in [-0.39, 0.29) is 0 Å². The highest BCUT2D eigenvalue weighted by Gasteiger charge is 1.87. The van der Waals surface area contributed by atoms with Crippen LogP contribution in [0.15, 0.2) is 18.5 Å². The monoisotopic (exact) mass is 119 g/mol. The van der Waals surface area contributed by atoms with Crippen LogP contribution in [0.1, 0.15) is 0 Å². The molecule has 2 nitrogen and oxygen atoms in total. The third kappa shape index (κ3) is 1.45. The first-order valence-corrected chi connectivity index (χ1v) is 2.57. The Morgan fingerprint density at radius 1 is 1.56 bits per heavy atom. The number of ether oxygens (including phenoxy) is 1. The predicted octanol–water partition coefficient (Wildman–Crippen LogP) is -0.116. The summed E-state index contributed by atoms with van der Waals surface area (Å²) in [4.78, 5) is 3.81. The molecule has 0 spiro atoms.